The zero-order chi connectivity index (χ0) is 20.8. The summed E-state index contributed by atoms with van der Waals surface area (Å²) in [6.45, 7) is -0.0433. The molecule has 12 nitrogen and oxygen atoms in total. The molecule has 0 atom stereocenters. The van der Waals surface area contributed by atoms with Crippen LogP contribution in [0.15, 0.2) is 64.6 Å². The van der Waals surface area contributed by atoms with E-state index >= 15 is 0 Å². The molecule has 3 N–H and O–H groups in total. The fourth-order valence-corrected chi connectivity index (χ4v) is 2.45. The summed E-state index contributed by atoms with van der Waals surface area (Å²) in [5.74, 6) is 0.0787. The third-order valence-corrected chi connectivity index (χ3v) is 3.86. The first-order valence-corrected chi connectivity index (χ1v) is 8.66. The molecule has 4 rings (SSSR count). The molecule has 3 aromatic heterocycles. The Morgan fingerprint density at radius 2 is 2.10 bits per heavy atom. The van der Waals surface area contributed by atoms with Gasteiger partial charge in [0, 0.05) is 18.0 Å². The summed E-state index contributed by atoms with van der Waals surface area (Å²) in [6, 6.07) is 12.6. The van der Waals surface area contributed by atoms with Gasteiger partial charge in [-0.1, -0.05) is 29.5 Å². The fourth-order valence-electron chi connectivity index (χ4n) is 2.45. The molecule has 0 saturated carbocycles. The second kappa shape index (κ2) is 8.60. The summed E-state index contributed by atoms with van der Waals surface area (Å²) >= 11 is 0. The van der Waals surface area contributed by atoms with Crippen molar-refractivity contribution >= 4 is 17.9 Å². The van der Waals surface area contributed by atoms with E-state index < -0.39 is 5.91 Å². The predicted octanol–water partition coefficient (Wildman–Crippen LogP) is 0.970. The van der Waals surface area contributed by atoms with Gasteiger partial charge in [-0.3, -0.25) is 9.78 Å². The van der Waals surface area contributed by atoms with E-state index in [-0.39, 0.29) is 29.6 Å². The lowest BCUT2D eigenvalue weighted by Gasteiger charge is -2.08. The number of hydrogen-bond acceptors (Lipinski definition) is 10. The molecule has 0 fully saturated rings. The molecule has 0 unspecified atom stereocenters. The van der Waals surface area contributed by atoms with Gasteiger partial charge in [0.2, 0.25) is 11.6 Å². The number of hydrogen-bond donors (Lipinski definition) is 2. The standard InChI is InChI=1S/C18H15N9O3/c19-16-17(25-30-24-16)27-14(11-29-13-6-2-1-3-7-13)15(22-26-27)18(28)23-21-10-12-5-4-8-20-9-12/h1-10H,11H2,(H2,19,24)(H,23,28)/b21-10+. The molecule has 0 aliphatic heterocycles. The molecular formula is C18H15N9O3. The molecule has 0 aliphatic rings. The minimum atomic E-state index is -0.594. The lowest BCUT2D eigenvalue weighted by molar-refractivity contribution is 0.0947. The molecule has 4 aromatic rings. The number of hydrazone groups is 1. The zero-order valence-electron chi connectivity index (χ0n) is 15.4. The summed E-state index contributed by atoms with van der Waals surface area (Å²) in [5, 5.41) is 19.0. The van der Waals surface area contributed by atoms with Crippen molar-refractivity contribution in [1.82, 2.24) is 35.7 Å². The number of nitrogens with one attached hydrogen (secondary N) is 1. The first-order valence-electron chi connectivity index (χ1n) is 8.66. The third-order valence-electron chi connectivity index (χ3n) is 3.86. The normalized spacial score (nSPS) is 10.9. The SMILES string of the molecule is Nc1nonc1-n1nnc(C(=O)N/N=C/c2cccnc2)c1COc1ccccc1. The number of aromatic nitrogens is 6. The van der Waals surface area contributed by atoms with E-state index in [0.29, 0.717) is 5.75 Å². The predicted molar refractivity (Wildman–Crippen MR) is 104 cm³/mol. The van der Waals surface area contributed by atoms with Crippen LogP contribution in [-0.4, -0.2) is 42.4 Å². The highest BCUT2D eigenvalue weighted by Gasteiger charge is 2.24. The second-order valence-corrected chi connectivity index (χ2v) is 5.86. The van der Waals surface area contributed by atoms with Crippen molar-refractivity contribution in [3.63, 3.8) is 0 Å². The van der Waals surface area contributed by atoms with Gasteiger partial charge in [-0.2, -0.15) is 9.78 Å². The van der Waals surface area contributed by atoms with Crippen molar-refractivity contribution in [2.24, 2.45) is 5.10 Å². The number of amides is 1. The maximum absolute atomic E-state index is 12.6. The van der Waals surface area contributed by atoms with Crippen LogP contribution in [0.2, 0.25) is 0 Å². The number of ether oxygens (including phenoxy) is 1. The van der Waals surface area contributed by atoms with E-state index in [9.17, 15) is 4.79 Å². The smallest absolute Gasteiger partial charge is 0.293 e. The lowest BCUT2D eigenvalue weighted by Crippen LogP contribution is -2.21. The van der Waals surface area contributed by atoms with Crippen LogP contribution in [0, 0.1) is 0 Å². The van der Waals surface area contributed by atoms with Gasteiger partial charge >= 0.3 is 0 Å². The summed E-state index contributed by atoms with van der Waals surface area (Å²) in [6.07, 6.45) is 4.69. The van der Waals surface area contributed by atoms with Gasteiger partial charge in [0.15, 0.2) is 5.69 Å². The Balaban J connectivity index is 1.58. The van der Waals surface area contributed by atoms with Crippen molar-refractivity contribution in [2.75, 3.05) is 5.73 Å². The Morgan fingerprint density at radius 1 is 1.23 bits per heavy atom. The number of carbonyl (C=O) groups is 1. The molecule has 3 heterocycles. The van der Waals surface area contributed by atoms with Crippen molar-refractivity contribution in [3.8, 4) is 11.6 Å². The van der Waals surface area contributed by atoms with Crippen molar-refractivity contribution in [1.29, 1.82) is 0 Å². The number of pyridine rings is 1. The molecule has 0 spiro atoms. The topological polar surface area (TPSA) is 159 Å². The minimum Gasteiger partial charge on any atom is -0.487 e. The number of benzene rings is 1. The molecule has 1 aromatic carbocycles. The van der Waals surface area contributed by atoms with Crippen molar-refractivity contribution in [2.45, 2.75) is 6.61 Å². The van der Waals surface area contributed by atoms with Crippen molar-refractivity contribution in [3.05, 3.63) is 71.8 Å². The van der Waals surface area contributed by atoms with Crippen LogP contribution in [0.5, 0.6) is 5.75 Å². The fraction of sp³-hybridized carbons (Fsp3) is 0.0556. The number of nitrogens with two attached hydrogens (primary N) is 1. The molecule has 30 heavy (non-hydrogen) atoms. The first-order chi connectivity index (χ1) is 14.7. The van der Waals surface area contributed by atoms with Gasteiger partial charge in [-0.15, -0.1) is 5.10 Å². The highest BCUT2D eigenvalue weighted by Crippen LogP contribution is 2.18. The summed E-state index contributed by atoms with van der Waals surface area (Å²) < 4.78 is 11.6. The summed E-state index contributed by atoms with van der Waals surface area (Å²) in [7, 11) is 0. The van der Waals surface area contributed by atoms with Crippen molar-refractivity contribution < 1.29 is 14.2 Å². The van der Waals surface area contributed by atoms with E-state index in [1.165, 1.54) is 10.9 Å². The Hall–Kier alpha value is -4.61. The summed E-state index contributed by atoms with van der Waals surface area (Å²) in [4.78, 5) is 16.6. The Labute approximate surface area is 169 Å². The van der Waals surface area contributed by atoms with Crippen LogP contribution < -0.4 is 15.9 Å². The van der Waals surface area contributed by atoms with Gasteiger partial charge in [0.05, 0.1) is 6.21 Å². The number of para-hydroxylation sites is 1. The lowest BCUT2D eigenvalue weighted by atomic mass is 10.3. The molecule has 0 saturated heterocycles. The van der Waals surface area contributed by atoms with E-state index in [1.54, 1.807) is 36.7 Å². The van der Waals surface area contributed by atoms with E-state index in [0.717, 1.165) is 5.56 Å². The van der Waals surface area contributed by atoms with E-state index in [1.807, 2.05) is 18.2 Å². The number of nitrogens with zero attached hydrogens (tertiary/aromatic N) is 7. The van der Waals surface area contributed by atoms with Crippen LogP contribution in [0.3, 0.4) is 0 Å². The third kappa shape index (κ3) is 4.11. The van der Waals surface area contributed by atoms with Crippen LogP contribution in [0.1, 0.15) is 21.7 Å². The van der Waals surface area contributed by atoms with E-state index in [4.69, 9.17) is 10.5 Å². The maximum atomic E-state index is 12.6. The highest BCUT2D eigenvalue weighted by molar-refractivity contribution is 5.94. The number of rotatable bonds is 7. The first kappa shape index (κ1) is 18.7. The zero-order valence-corrected chi connectivity index (χ0v) is 15.4. The number of carbonyl (C=O) groups excluding carboxylic acids is 1. The highest BCUT2D eigenvalue weighted by atomic mass is 16.6. The van der Waals surface area contributed by atoms with Gasteiger partial charge in [-0.05, 0) is 28.5 Å². The molecule has 150 valence electrons. The van der Waals surface area contributed by atoms with Crippen LogP contribution in [0.4, 0.5) is 5.82 Å². The molecule has 1 amide bonds. The Kier molecular flexibility index (Phi) is 5.37. The van der Waals surface area contributed by atoms with E-state index in [2.05, 4.69) is 40.8 Å². The van der Waals surface area contributed by atoms with Gasteiger partial charge in [0.25, 0.3) is 5.91 Å². The van der Waals surface area contributed by atoms with Gasteiger partial charge in [0.1, 0.15) is 18.1 Å². The van der Waals surface area contributed by atoms with Gasteiger partial charge < -0.3 is 10.5 Å². The Bertz CT molecular complexity index is 1160. The van der Waals surface area contributed by atoms with Gasteiger partial charge in [-0.25, -0.2) is 10.1 Å². The molecular weight excluding hydrogens is 390 g/mol. The average molecular weight is 405 g/mol. The van der Waals surface area contributed by atoms with Crippen LogP contribution >= 0.6 is 0 Å². The van der Waals surface area contributed by atoms with Crippen LogP contribution in [0.25, 0.3) is 5.82 Å². The number of nitrogen functional groups attached to an aromatic ring is 1. The molecule has 0 radical (unpaired) electrons. The monoisotopic (exact) mass is 405 g/mol. The maximum Gasteiger partial charge on any atom is 0.293 e. The summed E-state index contributed by atoms with van der Waals surface area (Å²) in [5.41, 5.74) is 9.14. The minimum absolute atomic E-state index is 0.0117. The Morgan fingerprint density at radius 3 is 2.83 bits per heavy atom. The largest absolute Gasteiger partial charge is 0.487 e. The van der Waals surface area contributed by atoms with Crippen LogP contribution in [-0.2, 0) is 6.61 Å². The molecule has 0 bridgehead atoms. The second-order valence-electron chi connectivity index (χ2n) is 5.86. The molecule has 0 aliphatic carbocycles. The number of anilines is 1. The average Bonchev–Trinajstić information content (AvgIpc) is 3.39. The quantitative estimate of drug-likeness (QED) is 0.337. The molecule has 12 heteroatoms.